The van der Waals surface area contributed by atoms with Crippen molar-refractivity contribution in [1.29, 1.82) is 0 Å². The Morgan fingerprint density at radius 3 is 2.48 bits per heavy atom. The summed E-state index contributed by atoms with van der Waals surface area (Å²) < 4.78 is 1.14. The molecule has 1 aliphatic carbocycles. The summed E-state index contributed by atoms with van der Waals surface area (Å²) >= 11 is 3.50. The minimum absolute atomic E-state index is 0.516. The topological polar surface area (TPSA) is 40.2 Å². The van der Waals surface area contributed by atoms with Crippen molar-refractivity contribution < 1.29 is 0 Å². The first kappa shape index (κ1) is 22.1. The Morgan fingerprint density at radius 2 is 1.74 bits per heavy atom. The molecule has 0 spiro atoms. The zero-order valence-corrected chi connectivity index (χ0v) is 20.2. The Balaban J connectivity index is 1.24. The second kappa shape index (κ2) is 10.5. The Bertz CT molecular complexity index is 978. The largest absolute Gasteiger partial charge is 0.377 e. The summed E-state index contributed by atoms with van der Waals surface area (Å²) in [7, 11) is 4.20. The molecule has 1 aliphatic rings. The second-order valence-electron chi connectivity index (χ2n) is 8.88. The van der Waals surface area contributed by atoms with Crippen LogP contribution in [-0.2, 0) is 6.42 Å². The molecule has 2 N–H and O–H groups in total. The Morgan fingerprint density at radius 1 is 1.00 bits per heavy atom. The van der Waals surface area contributed by atoms with Crippen LogP contribution in [0.1, 0.15) is 31.2 Å². The molecule has 2 aromatic carbocycles. The fourth-order valence-electron chi connectivity index (χ4n) is 4.51. The number of hydrogen-bond donors (Lipinski definition) is 2. The second-order valence-corrected chi connectivity index (χ2v) is 9.80. The van der Waals surface area contributed by atoms with E-state index in [1.54, 1.807) is 0 Å². The number of aromatic nitrogens is 1. The van der Waals surface area contributed by atoms with Crippen LogP contribution in [0.4, 0.5) is 11.5 Å². The number of anilines is 2. The van der Waals surface area contributed by atoms with Crippen LogP contribution in [0.25, 0.3) is 10.9 Å². The van der Waals surface area contributed by atoms with E-state index < -0.39 is 0 Å². The predicted octanol–water partition coefficient (Wildman–Crippen LogP) is 5.87. The van der Waals surface area contributed by atoms with Gasteiger partial charge in [0, 0.05) is 41.7 Å². The van der Waals surface area contributed by atoms with Crippen molar-refractivity contribution in [3.63, 3.8) is 0 Å². The summed E-state index contributed by atoms with van der Waals surface area (Å²) in [6, 6.07) is 19.7. The average molecular weight is 481 g/mol. The number of rotatable bonds is 8. The molecule has 0 atom stereocenters. The maximum atomic E-state index is 4.87. The molecule has 0 unspecified atom stereocenters. The van der Waals surface area contributed by atoms with Crippen LogP contribution < -0.4 is 15.5 Å². The molecule has 3 aromatic rings. The summed E-state index contributed by atoms with van der Waals surface area (Å²) in [5.74, 6) is 1.78. The molecule has 1 heterocycles. The van der Waals surface area contributed by atoms with Crippen molar-refractivity contribution in [3.8, 4) is 0 Å². The van der Waals surface area contributed by atoms with E-state index >= 15 is 0 Å². The third-order valence-corrected chi connectivity index (χ3v) is 6.84. The molecule has 4 nitrogen and oxygen atoms in total. The van der Waals surface area contributed by atoms with Crippen LogP contribution in [0.5, 0.6) is 0 Å². The first-order chi connectivity index (χ1) is 15.1. The lowest BCUT2D eigenvalue weighted by Gasteiger charge is -2.30. The molecule has 164 valence electrons. The van der Waals surface area contributed by atoms with E-state index in [9.17, 15) is 0 Å². The van der Waals surface area contributed by atoms with Crippen molar-refractivity contribution in [2.45, 2.75) is 38.1 Å². The minimum atomic E-state index is 0.516. The Kier molecular flexibility index (Phi) is 7.46. The van der Waals surface area contributed by atoms with Crippen LogP contribution in [0.3, 0.4) is 0 Å². The van der Waals surface area contributed by atoms with E-state index in [2.05, 4.69) is 100 Å². The van der Waals surface area contributed by atoms with Crippen LogP contribution >= 0.6 is 15.9 Å². The van der Waals surface area contributed by atoms with Gasteiger partial charge in [-0.3, -0.25) is 0 Å². The number of halogens is 1. The fourth-order valence-corrected chi connectivity index (χ4v) is 4.78. The quantitative estimate of drug-likeness (QED) is 0.395. The van der Waals surface area contributed by atoms with E-state index in [0.717, 1.165) is 41.2 Å². The summed E-state index contributed by atoms with van der Waals surface area (Å²) in [6.07, 6.45) is 6.07. The summed E-state index contributed by atoms with van der Waals surface area (Å²) in [5.41, 5.74) is 3.67. The average Bonchev–Trinajstić information content (AvgIpc) is 2.78. The third-order valence-electron chi connectivity index (χ3n) is 6.31. The molecule has 1 fully saturated rings. The van der Waals surface area contributed by atoms with Crippen molar-refractivity contribution in [1.82, 2.24) is 10.3 Å². The number of pyridine rings is 1. The predicted molar refractivity (Wildman–Crippen MR) is 136 cm³/mol. The standard InChI is InChI=1S/C26H33BrN4/c1-31(2)25-17-26(30-24-6-4-3-5-23(24)25)29-22-13-9-20(10-14-22)18-28-16-15-19-7-11-21(27)12-8-19/h3-8,11-12,17,20,22,28H,9-10,13-16,18H2,1-2H3,(H,29,30)/t20-,22+. The molecular formula is C26H33BrN4. The van der Waals surface area contributed by atoms with Gasteiger partial charge in [0.1, 0.15) is 5.82 Å². The smallest absolute Gasteiger partial charge is 0.128 e. The molecular weight excluding hydrogens is 448 g/mol. The van der Waals surface area contributed by atoms with Gasteiger partial charge in [-0.2, -0.15) is 0 Å². The summed E-state index contributed by atoms with van der Waals surface area (Å²) in [5, 5.41) is 8.60. The van der Waals surface area contributed by atoms with Gasteiger partial charge in [0.25, 0.3) is 0 Å². The highest BCUT2D eigenvalue weighted by Gasteiger charge is 2.21. The van der Waals surface area contributed by atoms with Crippen molar-refractivity contribution in [3.05, 3.63) is 64.6 Å². The Hall–Kier alpha value is -2.11. The SMILES string of the molecule is CN(C)c1cc(N[C@H]2CC[C@@H](CNCCc3ccc(Br)cc3)CC2)nc2ccccc12. The van der Waals surface area contributed by atoms with Gasteiger partial charge in [-0.1, -0.05) is 46.3 Å². The zero-order valence-electron chi connectivity index (χ0n) is 18.6. The molecule has 0 aliphatic heterocycles. The lowest BCUT2D eigenvalue weighted by Crippen LogP contribution is -2.32. The van der Waals surface area contributed by atoms with Gasteiger partial charge in [-0.05, 0) is 74.9 Å². The zero-order chi connectivity index (χ0) is 21.6. The maximum Gasteiger partial charge on any atom is 0.128 e. The van der Waals surface area contributed by atoms with Crippen molar-refractivity contribution >= 4 is 38.3 Å². The molecule has 4 rings (SSSR count). The van der Waals surface area contributed by atoms with E-state index in [4.69, 9.17) is 4.98 Å². The molecule has 0 saturated heterocycles. The summed E-state index contributed by atoms with van der Waals surface area (Å²) in [4.78, 5) is 7.05. The minimum Gasteiger partial charge on any atom is -0.377 e. The van der Waals surface area contributed by atoms with E-state index in [-0.39, 0.29) is 0 Å². The molecule has 1 saturated carbocycles. The summed E-state index contributed by atoms with van der Waals surface area (Å²) in [6.45, 7) is 2.18. The lowest BCUT2D eigenvalue weighted by atomic mass is 9.86. The van der Waals surface area contributed by atoms with Crippen molar-refractivity contribution in [2.24, 2.45) is 5.92 Å². The third kappa shape index (κ3) is 5.98. The van der Waals surface area contributed by atoms with Crippen LogP contribution in [0, 0.1) is 5.92 Å². The van der Waals surface area contributed by atoms with E-state index in [1.165, 1.54) is 42.3 Å². The number of hydrogen-bond acceptors (Lipinski definition) is 4. The highest BCUT2D eigenvalue weighted by molar-refractivity contribution is 9.10. The highest BCUT2D eigenvalue weighted by atomic mass is 79.9. The number of benzene rings is 2. The Labute approximate surface area is 194 Å². The molecule has 5 heteroatoms. The van der Waals surface area contributed by atoms with Gasteiger partial charge < -0.3 is 15.5 Å². The lowest BCUT2D eigenvalue weighted by molar-refractivity contribution is 0.325. The molecule has 0 bridgehead atoms. The van der Waals surface area contributed by atoms with Gasteiger partial charge in [0.15, 0.2) is 0 Å². The molecule has 0 radical (unpaired) electrons. The first-order valence-electron chi connectivity index (χ1n) is 11.4. The van der Waals surface area contributed by atoms with Crippen LogP contribution in [0.2, 0.25) is 0 Å². The molecule has 1 aromatic heterocycles. The monoisotopic (exact) mass is 480 g/mol. The number of para-hydroxylation sites is 1. The molecule has 0 amide bonds. The van der Waals surface area contributed by atoms with Crippen LogP contribution in [0.15, 0.2) is 59.1 Å². The van der Waals surface area contributed by atoms with Gasteiger partial charge in [0.2, 0.25) is 0 Å². The number of nitrogens with one attached hydrogen (secondary N) is 2. The fraction of sp³-hybridized carbons (Fsp3) is 0.423. The highest BCUT2D eigenvalue weighted by Crippen LogP contribution is 2.30. The van der Waals surface area contributed by atoms with Gasteiger partial charge in [-0.15, -0.1) is 0 Å². The van der Waals surface area contributed by atoms with Gasteiger partial charge in [-0.25, -0.2) is 4.98 Å². The van der Waals surface area contributed by atoms with Crippen molar-refractivity contribution in [2.75, 3.05) is 37.4 Å². The molecule has 31 heavy (non-hydrogen) atoms. The van der Waals surface area contributed by atoms with E-state index in [0.29, 0.717) is 6.04 Å². The first-order valence-corrected chi connectivity index (χ1v) is 12.2. The van der Waals surface area contributed by atoms with E-state index in [1.807, 2.05) is 0 Å². The normalized spacial score (nSPS) is 18.8. The van der Waals surface area contributed by atoms with Gasteiger partial charge >= 0.3 is 0 Å². The maximum absolute atomic E-state index is 4.87. The van der Waals surface area contributed by atoms with Crippen LogP contribution in [-0.4, -0.2) is 38.2 Å². The van der Waals surface area contributed by atoms with Gasteiger partial charge in [0.05, 0.1) is 5.52 Å². The number of nitrogens with zero attached hydrogens (tertiary/aromatic N) is 2. The number of fused-ring (bicyclic) bond motifs is 1.